The average Bonchev–Trinajstić information content (AvgIpc) is 2.70. The summed E-state index contributed by atoms with van der Waals surface area (Å²) in [6, 6.07) is 25.3. The zero-order valence-electron chi connectivity index (χ0n) is 14.8. The molecule has 0 aliphatic heterocycles. The summed E-state index contributed by atoms with van der Waals surface area (Å²) in [5.74, 6) is -1.31. The van der Waals surface area contributed by atoms with Crippen LogP contribution in [0.2, 0.25) is 5.02 Å². The highest BCUT2D eigenvalue weighted by Gasteiger charge is 2.28. The SMILES string of the molecule is C[C@@H](OC(=O)C(c1ccccc1)c1ccccc1)C(=O)c1ccc(Cl)cc1. The van der Waals surface area contributed by atoms with Gasteiger partial charge in [0.25, 0.3) is 0 Å². The highest BCUT2D eigenvalue weighted by atomic mass is 35.5. The fraction of sp³-hybridized carbons (Fsp3) is 0.130. The summed E-state index contributed by atoms with van der Waals surface area (Å²) in [6.07, 6.45) is -0.895. The summed E-state index contributed by atoms with van der Waals surface area (Å²) < 4.78 is 5.55. The predicted molar refractivity (Wildman–Crippen MR) is 106 cm³/mol. The fourth-order valence-electron chi connectivity index (χ4n) is 2.90. The van der Waals surface area contributed by atoms with Crippen LogP contribution >= 0.6 is 11.6 Å². The van der Waals surface area contributed by atoms with Crippen LogP contribution < -0.4 is 0 Å². The number of hydrogen-bond acceptors (Lipinski definition) is 3. The number of halogens is 1. The van der Waals surface area contributed by atoms with E-state index in [1.165, 1.54) is 0 Å². The third-order valence-corrected chi connectivity index (χ3v) is 4.54. The maximum Gasteiger partial charge on any atom is 0.318 e. The summed E-state index contributed by atoms with van der Waals surface area (Å²) in [6.45, 7) is 1.59. The van der Waals surface area contributed by atoms with Crippen LogP contribution in [0.25, 0.3) is 0 Å². The molecule has 3 nitrogen and oxygen atoms in total. The number of carbonyl (C=O) groups excluding carboxylic acids is 2. The second kappa shape index (κ2) is 8.65. The third kappa shape index (κ3) is 4.63. The monoisotopic (exact) mass is 378 g/mol. The molecule has 4 heteroatoms. The molecule has 0 aromatic heterocycles. The van der Waals surface area contributed by atoms with E-state index in [0.717, 1.165) is 11.1 Å². The Morgan fingerprint density at radius 1 is 0.778 bits per heavy atom. The van der Waals surface area contributed by atoms with Crippen molar-refractivity contribution in [2.75, 3.05) is 0 Å². The van der Waals surface area contributed by atoms with Crippen molar-refractivity contribution in [1.29, 1.82) is 0 Å². The van der Waals surface area contributed by atoms with Crippen molar-refractivity contribution in [3.05, 3.63) is 107 Å². The lowest BCUT2D eigenvalue weighted by Gasteiger charge is -2.20. The summed E-state index contributed by atoms with van der Waals surface area (Å²) in [4.78, 5) is 25.5. The van der Waals surface area contributed by atoms with E-state index in [0.29, 0.717) is 10.6 Å². The van der Waals surface area contributed by atoms with E-state index in [9.17, 15) is 9.59 Å². The number of carbonyl (C=O) groups is 2. The molecular weight excluding hydrogens is 360 g/mol. The molecule has 0 heterocycles. The zero-order chi connectivity index (χ0) is 19.2. The molecule has 136 valence electrons. The van der Waals surface area contributed by atoms with Gasteiger partial charge < -0.3 is 4.74 Å². The number of ketones is 1. The van der Waals surface area contributed by atoms with Gasteiger partial charge in [0.2, 0.25) is 5.78 Å². The van der Waals surface area contributed by atoms with Crippen molar-refractivity contribution < 1.29 is 14.3 Å². The van der Waals surface area contributed by atoms with E-state index >= 15 is 0 Å². The standard InChI is InChI=1S/C23H19ClO3/c1-16(22(25)19-12-14-20(24)15-13-19)27-23(26)21(17-8-4-2-5-9-17)18-10-6-3-7-11-18/h2-16,21H,1H3/t16-/m1/s1. The molecule has 0 amide bonds. The largest absolute Gasteiger partial charge is 0.454 e. The van der Waals surface area contributed by atoms with Gasteiger partial charge in [-0.05, 0) is 42.3 Å². The van der Waals surface area contributed by atoms with Crippen molar-refractivity contribution in [2.45, 2.75) is 18.9 Å². The van der Waals surface area contributed by atoms with Gasteiger partial charge in [-0.2, -0.15) is 0 Å². The molecule has 3 rings (SSSR count). The van der Waals surface area contributed by atoms with E-state index in [1.54, 1.807) is 31.2 Å². The molecule has 0 N–H and O–H groups in total. The minimum atomic E-state index is -0.895. The Balaban J connectivity index is 1.82. The minimum absolute atomic E-state index is 0.264. The van der Waals surface area contributed by atoms with Crippen molar-refractivity contribution in [3.63, 3.8) is 0 Å². The number of Topliss-reactive ketones (excluding diaryl/α,β-unsaturated/α-hetero) is 1. The molecule has 27 heavy (non-hydrogen) atoms. The lowest BCUT2D eigenvalue weighted by Crippen LogP contribution is -2.28. The van der Waals surface area contributed by atoms with Crippen LogP contribution in [0.1, 0.15) is 34.3 Å². The smallest absolute Gasteiger partial charge is 0.318 e. The van der Waals surface area contributed by atoms with Crippen LogP contribution in [0.15, 0.2) is 84.9 Å². The van der Waals surface area contributed by atoms with Crippen LogP contribution in [-0.2, 0) is 9.53 Å². The number of rotatable bonds is 6. The Bertz CT molecular complexity index is 866. The van der Waals surface area contributed by atoms with Crippen LogP contribution in [0.4, 0.5) is 0 Å². The first-order valence-corrected chi connectivity index (χ1v) is 9.04. The Morgan fingerprint density at radius 2 is 1.26 bits per heavy atom. The van der Waals surface area contributed by atoms with Gasteiger partial charge in [0, 0.05) is 10.6 Å². The first-order valence-electron chi connectivity index (χ1n) is 8.66. The number of benzene rings is 3. The normalized spacial score (nSPS) is 11.8. The Hall–Kier alpha value is -2.91. The summed E-state index contributed by atoms with van der Waals surface area (Å²) in [5, 5.41) is 0.546. The van der Waals surface area contributed by atoms with E-state index in [1.807, 2.05) is 60.7 Å². The van der Waals surface area contributed by atoms with Gasteiger partial charge in [0.1, 0.15) is 5.92 Å². The molecule has 1 atom stereocenters. The Morgan fingerprint density at radius 3 is 1.74 bits per heavy atom. The van der Waals surface area contributed by atoms with Gasteiger partial charge in [0.05, 0.1) is 0 Å². The molecule has 0 fully saturated rings. The van der Waals surface area contributed by atoms with Gasteiger partial charge in [-0.25, -0.2) is 0 Å². The van der Waals surface area contributed by atoms with Gasteiger partial charge in [0.15, 0.2) is 6.10 Å². The quantitative estimate of drug-likeness (QED) is 0.432. The topological polar surface area (TPSA) is 43.4 Å². The van der Waals surface area contributed by atoms with Gasteiger partial charge >= 0.3 is 5.97 Å². The summed E-state index contributed by atoms with van der Waals surface area (Å²) in [7, 11) is 0. The minimum Gasteiger partial charge on any atom is -0.454 e. The first-order chi connectivity index (χ1) is 13.1. The highest BCUT2D eigenvalue weighted by molar-refractivity contribution is 6.30. The van der Waals surface area contributed by atoms with E-state index in [-0.39, 0.29) is 5.78 Å². The second-order valence-electron chi connectivity index (χ2n) is 6.20. The lowest BCUT2D eigenvalue weighted by molar-refractivity contribution is -0.147. The van der Waals surface area contributed by atoms with Gasteiger partial charge in [-0.1, -0.05) is 72.3 Å². The van der Waals surface area contributed by atoms with Crippen LogP contribution in [0.5, 0.6) is 0 Å². The molecule has 0 radical (unpaired) electrons. The predicted octanol–water partition coefficient (Wildman–Crippen LogP) is 5.29. The van der Waals surface area contributed by atoms with Crippen LogP contribution in [0, 0.1) is 0 Å². The molecule has 0 saturated heterocycles. The highest BCUT2D eigenvalue weighted by Crippen LogP contribution is 2.27. The molecule has 0 spiro atoms. The second-order valence-corrected chi connectivity index (χ2v) is 6.64. The fourth-order valence-corrected chi connectivity index (χ4v) is 3.03. The van der Waals surface area contributed by atoms with Crippen molar-refractivity contribution in [3.8, 4) is 0 Å². The third-order valence-electron chi connectivity index (χ3n) is 4.29. The molecule has 3 aromatic rings. The van der Waals surface area contributed by atoms with Crippen LogP contribution in [-0.4, -0.2) is 17.9 Å². The molecule has 3 aromatic carbocycles. The van der Waals surface area contributed by atoms with Crippen LogP contribution in [0.3, 0.4) is 0 Å². The molecule has 0 saturated carbocycles. The van der Waals surface area contributed by atoms with Gasteiger partial charge in [-0.3, -0.25) is 9.59 Å². The van der Waals surface area contributed by atoms with Gasteiger partial charge in [-0.15, -0.1) is 0 Å². The first kappa shape index (κ1) is 18.9. The molecule has 0 unspecified atom stereocenters. The van der Waals surface area contributed by atoms with E-state index in [2.05, 4.69) is 0 Å². The summed E-state index contributed by atoms with van der Waals surface area (Å²) in [5.41, 5.74) is 2.09. The van der Waals surface area contributed by atoms with Crippen molar-refractivity contribution in [2.24, 2.45) is 0 Å². The molecule has 0 bridgehead atoms. The molecule has 0 aliphatic rings. The molecule has 0 aliphatic carbocycles. The average molecular weight is 379 g/mol. The van der Waals surface area contributed by atoms with Crippen molar-refractivity contribution >= 4 is 23.4 Å². The Labute approximate surface area is 163 Å². The number of ether oxygens (including phenoxy) is 1. The number of hydrogen-bond donors (Lipinski definition) is 0. The number of esters is 1. The van der Waals surface area contributed by atoms with Crippen molar-refractivity contribution in [1.82, 2.24) is 0 Å². The lowest BCUT2D eigenvalue weighted by atomic mass is 9.91. The summed E-state index contributed by atoms with van der Waals surface area (Å²) >= 11 is 5.86. The maximum atomic E-state index is 12.9. The van der Waals surface area contributed by atoms with E-state index < -0.39 is 18.0 Å². The Kier molecular flexibility index (Phi) is 6.05. The maximum absolute atomic E-state index is 12.9. The van der Waals surface area contributed by atoms with E-state index in [4.69, 9.17) is 16.3 Å². The zero-order valence-corrected chi connectivity index (χ0v) is 15.6. The molecular formula is C23H19ClO3.